The number of methoxy groups -OCH3 is 1. The maximum atomic E-state index is 12.0. The van der Waals surface area contributed by atoms with Gasteiger partial charge in [0, 0.05) is 6.92 Å². The summed E-state index contributed by atoms with van der Waals surface area (Å²) in [5.74, 6) is 0.493. The molecule has 0 unspecified atom stereocenters. The van der Waals surface area contributed by atoms with E-state index in [0.717, 1.165) is 35.9 Å². The maximum Gasteiger partial charge on any atom is 0.316 e. The van der Waals surface area contributed by atoms with E-state index in [0.29, 0.717) is 5.89 Å². The smallest absolute Gasteiger partial charge is 0.316 e. The molecular weight excluding hydrogens is 230 g/mol. The Morgan fingerprint density at radius 2 is 2.22 bits per heavy atom. The van der Waals surface area contributed by atoms with Crippen molar-refractivity contribution in [2.45, 2.75) is 31.6 Å². The molecule has 4 nitrogen and oxygen atoms in total. The second-order valence-electron chi connectivity index (χ2n) is 4.84. The van der Waals surface area contributed by atoms with Gasteiger partial charge in [0.2, 0.25) is 0 Å². The van der Waals surface area contributed by atoms with Crippen LogP contribution in [0.1, 0.15) is 30.7 Å². The normalized spacial score (nSPS) is 17.4. The Labute approximate surface area is 105 Å². The van der Waals surface area contributed by atoms with E-state index in [2.05, 4.69) is 4.98 Å². The number of nitrogens with zero attached hydrogens (tertiary/aromatic N) is 1. The first-order valence-corrected chi connectivity index (χ1v) is 6.12. The Morgan fingerprint density at radius 3 is 2.83 bits per heavy atom. The number of hydrogen-bond acceptors (Lipinski definition) is 4. The van der Waals surface area contributed by atoms with E-state index in [1.807, 2.05) is 25.1 Å². The van der Waals surface area contributed by atoms with Gasteiger partial charge in [-0.15, -0.1) is 0 Å². The molecular formula is C14H15NO3. The average molecular weight is 245 g/mol. The number of benzene rings is 1. The Bertz CT molecular complexity index is 611. The van der Waals surface area contributed by atoms with E-state index < -0.39 is 5.41 Å². The highest BCUT2D eigenvalue weighted by atomic mass is 16.5. The molecule has 0 spiro atoms. The topological polar surface area (TPSA) is 52.3 Å². The molecule has 4 heteroatoms. The third-order valence-electron chi connectivity index (χ3n) is 3.83. The van der Waals surface area contributed by atoms with Crippen LogP contribution in [0, 0.1) is 6.92 Å². The van der Waals surface area contributed by atoms with E-state index in [4.69, 9.17) is 9.15 Å². The molecule has 2 aromatic rings. The van der Waals surface area contributed by atoms with E-state index in [1.165, 1.54) is 7.11 Å². The predicted molar refractivity (Wildman–Crippen MR) is 66.3 cm³/mol. The van der Waals surface area contributed by atoms with Crippen LogP contribution in [0.25, 0.3) is 11.1 Å². The Morgan fingerprint density at radius 1 is 1.44 bits per heavy atom. The van der Waals surface area contributed by atoms with Gasteiger partial charge in [-0.1, -0.05) is 12.5 Å². The van der Waals surface area contributed by atoms with E-state index in [-0.39, 0.29) is 5.97 Å². The summed E-state index contributed by atoms with van der Waals surface area (Å²) in [6.07, 6.45) is 2.75. The monoisotopic (exact) mass is 245 g/mol. The standard InChI is InChI=1S/C14H15NO3/c1-9-15-11-5-4-10(8-12(11)18-9)14(6-3-7-14)13(16)17-2/h4-5,8H,3,6-7H2,1-2H3. The van der Waals surface area contributed by atoms with Crippen LogP contribution in [-0.4, -0.2) is 18.1 Å². The van der Waals surface area contributed by atoms with Crippen molar-refractivity contribution in [3.63, 3.8) is 0 Å². The largest absolute Gasteiger partial charge is 0.468 e. The zero-order valence-corrected chi connectivity index (χ0v) is 10.5. The lowest BCUT2D eigenvalue weighted by atomic mass is 9.64. The van der Waals surface area contributed by atoms with E-state index in [9.17, 15) is 4.79 Å². The molecule has 3 rings (SSSR count). The van der Waals surface area contributed by atoms with Gasteiger partial charge in [0.05, 0.1) is 12.5 Å². The SMILES string of the molecule is COC(=O)C1(c2ccc3nc(C)oc3c2)CCC1. The van der Waals surface area contributed by atoms with Crippen LogP contribution >= 0.6 is 0 Å². The molecule has 1 aromatic heterocycles. The number of hydrogen-bond donors (Lipinski definition) is 0. The third kappa shape index (κ3) is 1.45. The fourth-order valence-electron chi connectivity index (χ4n) is 2.67. The molecule has 0 saturated heterocycles. The summed E-state index contributed by atoms with van der Waals surface area (Å²) < 4.78 is 10.5. The van der Waals surface area contributed by atoms with Gasteiger partial charge >= 0.3 is 5.97 Å². The number of rotatable bonds is 2. The average Bonchev–Trinajstić information content (AvgIpc) is 2.66. The van der Waals surface area contributed by atoms with Gasteiger partial charge in [0.1, 0.15) is 5.52 Å². The molecule has 0 radical (unpaired) electrons. The second-order valence-corrected chi connectivity index (χ2v) is 4.84. The third-order valence-corrected chi connectivity index (χ3v) is 3.83. The number of esters is 1. The molecule has 1 aliphatic carbocycles. The number of aromatic nitrogens is 1. The van der Waals surface area contributed by atoms with Crippen molar-refractivity contribution < 1.29 is 13.9 Å². The lowest BCUT2D eigenvalue weighted by Crippen LogP contribution is -2.43. The van der Waals surface area contributed by atoms with Crippen LogP contribution in [-0.2, 0) is 14.9 Å². The zero-order chi connectivity index (χ0) is 12.8. The molecule has 0 N–H and O–H groups in total. The zero-order valence-electron chi connectivity index (χ0n) is 10.5. The summed E-state index contributed by atoms with van der Waals surface area (Å²) in [6.45, 7) is 1.82. The van der Waals surface area contributed by atoms with Crippen LogP contribution in [0.15, 0.2) is 22.6 Å². The quantitative estimate of drug-likeness (QED) is 0.763. The van der Waals surface area contributed by atoms with Crippen molar-refractivity contribution in [2.75, 3.05) is 7.11 Å². The number of ether oxygens (including phenoxy) is 1. The number of carbonyl (C=O) groups excluding carboxylic acids is 1. The molecule has 1 aliphatic rings. The van der Waals surface area contributed by atoms with Gasteiger partial charge in [-0.05, 0) is 30.5 Å². The Balaban J connectivity index is 2.10. The lowest BCUT2D eigenvalue weighted by molar-refractivity contribution is -0.151. The number of oxazole rings is 1. The highest BCUT2D eigenvalue weighted by Gasteiger charge is 2.46. The lowest BCUT2D eigenvalue weighted by Gasteiger charge is -2.39. The minimum absolute atomic E-state index is 0.149. The molecule has 94 valence electrons. The summed E-state index contributed by atoms with van der Waals surface area (Å²) in [5.41, 5.74) is 2.07. The molecule has 1 saturated carbocycles. The van der Waals surface area contributed by atoms with Crippen molar-refractivity contribution >= 4 is 17.1 Å². The molecule has 1 fully saturated rings. The number of fused-ring (bicyclic) bond motifs is 1. The molecule has 18 heavy (non-hydrogen) atoms. The fourth-order valence-corrected chi connectivity index (χ4v) is 2.67. The van der Waals surface area contributed by atoms with Crippen molar-refractivity contribution in [3.05, 3.63) is 29.7 Å². The van der Waals surface area contributed by atoms with E-state index >= 15 is 0 Å². The minimum atomic E-state index is -0.469. The van der Waals surface area contributed by atoms with Crippen LogP contribution < -0.4 is 0 Å². The van der Waals surface area contributed by atoms with Gasteiger partial charge in [-0.25, -0.2) is 4.98 Å². The molecule has 0 atom stereocenters. The first kappa shape index (κ1) is 11.3. The fraction of sp³-hybridized carbons (Fsp3) is 0.429. The number of carbonyl (C=O) groups is 1. The van der Waals surface area contributed by atoms with Crippen LogP contribution in [0.4, 0.5) is 0 Å². The van der Waals surface area contributed by atoms with Crippen molar-refractivity contribution in [1.29, 1.82) is 0 Å². The van der Waals surface area contributed by atoms with Crippen molar-refractivity contribution in [2.24, 2.45) is 0 Å². The maximum absolute atomic E-state index is 12.0. The molecule has 0 aliphatic heterocycles. The summed E-state index contributed by atoms with van der Waals surface area (Å²) >= 11 is 0. The van der Waals surface area contributed by atoms with Gasteiger partial charge in [0.15, 0.2) is 11.5 Å². The van der Waals surface area contributed by atoms with Gasteiger partial charge < -0.3 is 9.15 Å². The van der Waals surface area contributed by atoms with Gasteiger partial charge in [0.25, 0.3) is 0 Å². The molecule has 0 amide bonds. The highest BCUT2D eigenvalue weighted by Crippen LogP contribution is 2.45. The van der Waals surface area contributed by atoms with Crippen molar-refractivity contribution in [1.82, 2.24) is 4.98 Å². The molecule has 1 aromatic carbocycles. The predicted octanol–water partition coefficient (Wildman–Crippen LogP) is 2.73. The molecule has 1 heterocycles. The van der Waals surface area contributed by atoms with Gasteiger partial charge in [-0.2, -0.15) is 0 Å². The summed E-state index contributed by atoms with van der Waals surface area (Å²) in [4.78, 5) is 16.3. The van der Waals surface area contributed by atoms with Gasteiger partial charge in [-0.3, -0.25) is 4.79 Å². The first-order chi connectivity index (χ1) is 8.65. The van der Waals surface area contributed by atoms with E-state index in [1.54, 1.807) is 0 Å². The highest BCUT2D eigenvalue weighted by molar-refractivity contribution is 5.86. The Kier molecular flexibility index (Phi) is 2.40. The summed E-state index contributed by atoms with van der Waals surface area (Å²) in [6, 6.07) is 5.79. The van der Waals surface area contributed by atoms with Crippen molar-refractivity contribution in [3.8, 4) is 0 Å². The summed E-state index contributed by atoms with van der Waals surface area (Å²) in [7, 11) is 1.44. The second kappa shape index (κ2) is 3.83. The number of aryl methyl sites for hydroxylation is 1. The van der Waals surface area contributed by atoms with Crippen LogP contribution in [0.2, 0.25) is 0 Å². The first-order valence-electron chi connectivity index (χ1n) is 6.12. The van der Waals surface area contributed by atoms with Crippen LogP contribution in [0.3, 0.4) is 0 Å². The molecule has 0 bridgehead atoms. The summed E-state index contributed by atoms with van der Waals surface area (Å²) in [5, 5.41) is 0. The minimum Gasteiger partial charge on any atom is -0.468 e. The van der Waals surface area contributed by atoms with Crippen LogP contribution in [0.5, 0.6) is 0 Å². The Hall–Kier alpha value is -1.84.